The zero-order valence-electron chi connectivity index (χ0n) is 16.4. The Morgan fingerprint density at radius 3 is 2.43 bits per heavy atom. The number of carbonyl (C=O) groups excluding carboxylic acids is 1. The van der Waals surface area contributed by atoms with Crippen LogP contribution in [0.15, 0.2) is 54.6 Å². The average Bonchev–Trinajstić information content (AvgIpc) is 2.78. The van der Waals surface area contributed by atoms with Gasteiger partial charge in [-0.2, -0.15) is 0 Å². The van der Waals surface area contributed by atoms with Crippen LogP contribution in [0.5, 0.6) is 0 Å². The van der Waals surface area contributed by atoms with E-state index in [0.717, 1.165) is 30.2 Å². The normalized spacial score (nSPS) is 13.9. The number of benzene rings is 2. The Morgan fingerprint density at radius 1 is 1.00 bits per heavy atom. The van der Waals surface area contributed by atoms with Crippen molar-refractivity contribution in [2.75, 3.05) is 23.3 Å². The van der Waals surface area contributed by atoms with E-state index < -0.39 is 5.82 Å². The highest BCUT2D eigenvalue weighted by Gasteiger charge is 2.14. The van der Waals surface area contributed by atoms with Crippen LogP contribution in [0, 0.1) is 5.82 Å². The number of rotatable bonds is 5. The SMILES string of the molecule is O=C(Cc1c(F)cccc1Cl)Nc1ccc(-c2ccc(N3CCCCC3)nn2)cc1. The second-order valence-electron chi connectivity index (χ2n) is 7.33. The van der Waals surface area contributed by atoms with Crippen LogP contribution in [-0.4, -0.2) is 29.2 Å². The van der Waals surface area contributed by atoms with E-state index in [2.05, 4.69) is 20.4 Å². The third-order valence-electron chi connectivity index (χ3n) is 5.19. The summed E-state index contributed by atoms with van der Waals surface area (Å²) in [4.78, 5) is 14.5. The molecule has 30 heavy (non-hydrogen) atoms. The highest BCUT2D eigenvalue weighted by atomic mass is 35.5. The number of halogens is 2. The third kappa shape index (κ3) is 4.76. The molecule has 1 aromatic heterocycles. The van der Waals surface area contributed by atoms with Crippen molar-refractivity contribution >= 4 is 29.0 Å². The van der Waals surface area contributed by atoms with Crippen LogP contribution in [-0.2, 0) is 11.2 Å². The summed E-state index contributed by atoms with van der Waals surface area (Å²) in [6, 6.07) is 15.7. The van der Waals surface area contributed by atoms with E-state index in [1.54, 1.807) is 18.2 Å². The lowest BCUT2D eigenvalue weighted by Gasteiger charge is -2.27. The third-order valence-corrected chi connectivity index (χ3v) is 5.55. The molecule has 1 saturated heterocycles. The smallest absolute Gasteiger partial charge is 0.228 e. The van der Waals surface area contributed by atoms with Gasteiger partial charge in [0.2, 0.25) is 5.91 Å². The number of piperidine rings is 1. The molecule has 1 fully saturated rings. The molecule has 1 amide bonds. The topological polar surface area (TPSA) is 58.1 Å². The average molecular weight is 425 g/mol. The summed E-state index contributed by atoms with van der Waals surface area (Å²) in [5.74, 6) is 0.0918. The van der Waals surface area contributed by atoms with Crippen LogP contribution in [0.4, 0.5) is 15.9 Å². The van der Waals surface area contributed by atoms with Crippen molar-refractivity contribution < 1.29 is 9.18 Å². The molecule has 154 valence electrons. The number of nitrogens with one attached hydrogen (secondary N) is 1. The summed E-state index contributed by atoms with van der Waals surface area (Å²) in [5.41, 5.74) is 2.49. The van der Waals surface area contributed by atoms with Gasteiger partial charge in [0.1, 0.15) is 5.82 Å². The van der Waals surface area contributed by atoms with Crippen molar-refractivity contribution in [3.8, 4) is 11.3 Å². The van der Waals surface area contributed by atoms with Crippen molar-refractivity contribution in [2.24, 2.45) is 0 Å². The van der Waals surface area contributed by atoms with Gasteiger partial charge in [-0.05, 0) is 55.7 Å². The summed E-state index contributed by atoms with van der Waals surface area (Å²) in [5, 5.41) is 11.7. The summed E-state index contributed by atoms with van der Waals surface area (Å²) < 4.78 is 13.9. The molecule has 2 heterocycles. The van der Waals surface area contributed by atoms with Crippen molar-refractivity contribution in [3.63, 3.8) is 0 Å². The largest absolute Gasteiger partial charge is 0.355 e. The fourth-order valence-electron chi connectivity index (χ4n) is 3.56. The molecular formula is C23H22ClFN4O. The van der Waals surface area contributed by atoms with Gasteiger partial charge in [0.05, 0.1) is 12.1 Å². The molecule has 0 atom stereocenters. The number of hydrogen-bond acceptors (Lipinski definition) is 4. The molecule has 0 bridgehead atoms. The molecule has 3 aromatic rings. The first-order valence-electron chi connectivity index (χ1n) is 10.0. The molecule has 0 unspecified atom stereocenters. The summed E-state index contributed by atoms with van der Waals surface area (Å²) in [6.45, 7) is 2.06. The van der Waals surface area contributed by atoms with Gasteiger partial charge in [-0.3, -0.25) is 4.79 Å². The van der Waals surface area contributed by atoms with Gasteiger partial charge in [-0.15, -0.1) is 10.2 Å². The van der Waals surface area contributed by atoms with Gasteiger partial charge >= 0.3 is 0 Å². The fourth-order valence-corrected chi connectivity index (χ4v) is 3.79. The van der Waals surface area contributed by atoms with Gasteiger partial charge < -0.3 is 10.2 Å². The van der Waals surface area contributed by atoms with Crippen molar-refractivity contribution in [2.45, 2.75) is 25.7 Å². The molecular weight excluding hydrogens is 403 g/mol. The van der Waals surface area contributed by atoms with E-state index in [1.165, 1.54) is 31.4 Å². The van der Waals surface area contributed by atoms with Crippen molar-refractivity contribution in [1.29, 1.82) is 0 Å². The second-order valence-corrected chi connectivity index (χ2v) is 7.73. The van der Waals surface area contributed by atoms with Crippen LogP contribution >= 0.6 is 11.6 Å². The Labute approximate surface area is 179 Å². The Hall–Kier alpha value is -2.99. The van der Waals surface area contributed by atoms with E-state index >= 15 is 0 Å². The number of aromatic nitrogens is 2. The van der Waals surface area contributed by atoms with Crippen LogP contribution < -0.4 is 10.2 Å². The predicted octanol–water partition coefficient (Wildman–Crippen LogP) is 5.11. The number of carbonyl (C=O) groups is 1. The van der Waals surface area contributed by atoms with Crippen LogP contribution in [0.1, 0.15) is 24.8 Å². The monoisotopic (exact) mass is 424 g/mol. The Balaban J connectivity index is 1.39. The number of nitrogens with zero attached hydrogens (tertiary/aromatic N) is 3. The maximum Gasteiger partial charge on any atom is 0.228 e. The minimum Gasteiger partial charge on any atom is -0.355 e. The first-order chi connectivity index (χ1) is 14.6. The first-order valence-corrected chi connectivity index (χ1v) is 10.4. The van der Waals surface area contributed by atoms with E-state index in [-0.39, 0.29) is 22.9 Å². The van der Waals surface area contributed by atoms with Crippen LogP contribution in [0.2, 0.25) is 5.02 Å². The van der Waals surface area contributed by atoms with E-state index in [4.69, 9.17) is 11.6 Å². The zero-order chi connectivity index (χ0) is 20.9. The summed E-state index contributed by atoms with van der Waals surface area (Å²) in [7, 11) is 0. The van der Waals surface area contributed by atoms with E-state index in [9.17, 15) is 9.18 Å². The molecule has 5 nitrogen and oxygen atoms in total. The highest BCUT2D eigenvalue weighted by Crippen LogP contribution is 2.23. The number of anilines is 2. The second kappa shape index (κ2) is 9.22. The van der Waals surface area contributed by atoms with Gasteiger partial charge in [-0.25, -0.2) is 4.39 Å². The maximum atomic E-state index is 13.9. The van der Waals surface area contributed by atoms with Crippen molar-refractivity contribution in [3.05, 3.63) is 71.0 Å². The first kappa shape index (κ1) is 20.3. The lowest BCUT2D eigenvalue weighted by molar-refractivity contribution is -0.115. The van der Waals surface area contributed by atoms with E-state index in [0.29, 0.717) is 5.69 Å². The minimum absolute atomic E-state index is 0.128. The maximum absolute atomic E-state index is 13.9. The predicted molar refractivity (Wildman–Crippen MR) is 117 cm³/mol. The molecule has 0 aliphatic carbocycles. The van der Waals surface area contributed by atoms with Crippen molar-refractivity contribution in [1.82, 2.24) is 10.2 Å². The Bertz CT molecular complexity index is 998. The molecule has 7 heteroatoms. The quantitative estimate of drug-likeness (QED) is 0.618. The molecule has 0 spiro atoms. The van der Waals surface area contributed by atoms with Crippen LogP contribution in [0.3, 0.4) is 0 Å². The Morgan fingerprint density at radius 2 is 1.77 bits per heavy atom. The van der Waals surface area contributed by atoms with Gasteiger partial charge in [-0.1, -0.05) is 29.8 Å². The molecule has 1 N–H and O–H groups in total. The molecule has 1 aliphatic heterocycles. The fraction of sp³-hybridized carbons (Fsp3) is 0.261. The minimum atomic E-state index is -0.487. The lowest BCUT2D eigenvalue weighted by Crippen LogP contribution is -2.30. The zero-order valence-corrected chi connectivity index (χ0v) is 17.2. The van der Waals surface area contributed by atoms with Gasteiger partial charge in [0.15, 0.2) is 5.82 Å². The van der Waals surface area contributed by atoms with Gasteiger partial charge in [0.25, 0.3) is 0 Å². The summed E-state index contributed by atoms with van der Waals surface area (Å²) >= 11 is 5.99. The molecule has 0 radical (unpaired) electrons. The Kier molecular flexibility index (Phi) is 6.23. The number of amides is 1. The molecule has 1 aliphatic rings. The summed E-state index contributed by atoms with van der Waals surface area (Å²) in [6.07, 6.45) is 3.54. The highest BCUT2D eigenvalue weighted by molar-refractivity contribution is 6.31. The standard InChI is InChI=1S/C23H22ClFN4O/c24-19-5-4-6-20(25)18(19)15-23(30)26-17-9-7-16(8-10-17)21-11-12-22(28-27-21)29-13-2-1-3-14-29/h4-12H,1-3,13-15H2,(H,26,30). The lowest BCUT2D eigenvalue weighted by atomic mass is 10.1. The number of hydrogen-bond donors (Lipinski definition) is 1. The molecule has 4 rings (SSSR count). The van der Waals surface area contributed by atoms with E-state index in [1.807, 2.05) is 24.3 Å². The van der Waals surface area contributed by atoms with Gasteiger partial charge in [0, 0.05) is 34.9 Å². The van der Waals surface area contributed by atoms with Crippen LogP contribution in [0.25, 0.3) is 11.3 Å². The molecule has 0 saturated carbocycles. The molecule has 2 aromatic carbocycles.